The first kappa shape index (κ1) is 22.1. The minimum absolute atomic E-state index is 0.0281. The fourth-order valence-corrected chi connectivity index (χ4v) is 4.58. The second-order valence-corrected chi connectivity index (χ2v) is 8.45. The average Bonchev–Trinajstić information content (AvgIpc) is 3.34. The number of non-ortho nitro benzene ring substituents is 1. The molecule has 0 aliphatic rings. The summed E-state index contributed by atoms with van der Waals surface area (Å²) in [5.74, 6) is -0.416. The standard InChI is InChI=1S/C21H18N4O4S2/c1-4-29-21(26)18-12(2)13(3)31-20(18)23-10-15(9-22)19-24-17(11-30-19)14-6-5-7-16(8-14)25(27)28/h5-8,10-11,23H,4H2,1-3H3/b15-10-. The topological polar surface area (TPSA) is 118 Å². The van der Waals surface area contributed by atoms with Crippen molar-refractivity contribution in [2.75, 3.05) is 11.9 Å². The molecule has 31 heavy (non-hydrogen) atoms. The summed E-state index contributed by atoms with van der Waals surface area (Å²) in [5, 5.41) is 26.4. The first-order valence-corrected chi connectivity index (χ1v) is 10.9. The Morgan fingerprint density at radius 1 is 1.42 bits per heavy atom. The van der Waals surface area contributed by atoms with Crippen LogP contribution in [0.1, 0.15) is 32.7 Å². The van der Waals surface area contributed by atoms with Crippen LogP contribution < -0.4 is 5.32 Å². The Morgan fingerprint density at radius 3 is 2.87 bits per heavy atom. The van der Waals surface area contributed by atoms with Gasteiger partial charge in [-0.3, -0.25) is 10.1 Å². The Balaban J connectivity index is 1.89. The highest BCUT2D eigenvalue weighted by Gasteiger charge is 2.20. The SMILES string of the molecule is CCOC(=O)c1c(N/C=C(/C#N)c2nc(-c3cccc([N+](=O)[O-])c3)cs2)sc(C)c1C. The quantitative estimate of drug-likeness (QED) is 0.215. The normalized spacial score (nSPS) is 11.1. The van der Waals surface area contributed by atoms with Crippen molar-refractivity contribution in [1.29, 1.82) is 5.26 Å². The number of thiazole rings is 1. The fraction of sp³-hybridized carbons (Fsp3) is 0.190. The van der Waals surface area contributed by atoms with Gasteiger partial charge in [0.2, 0.25) is 0 Å². The molecule has 0 amide bonds. The molecule has 158 valence electrons. The molecule has 2 heterocycles. The van der Waals surface area contributed by atoms with E-state index < -0.39 is 10.9 Å². The number of carbonyl (C=O) groups excluding carboxylic acids is 1. The molecule has 2 aromatic heterocycles. The molecule has 3 aromatic rings. The van der Waals surface area contributed by atoms with E-state index in [1.54, 1.807) is 24.4 Å². The molecule has 0 saturated carbocycles. The summed E-state index contributed by atoms with van der Waals surface area (Å²) in [4.78, 5) is 28.3. The molecule has 0 aliphatic carbocycles. The number of ether oxygens (including phenoxy) is 1. The molecule has 3 rings (SSSR count). The maximum Gasteiger partial charge on any atom is 0.341 e. The van der Waals surface area contributed by atoms with E-state index >= 15 is 0 Å². The van der Waals surface area contributed by atoms with Crippen molar-refractivity contribution >= 4 is 44.9 Å². The number of carbonyl (C=O) groups is 1. The van der Waals surface area contributed by atoms with Crippen molar-refractivity contribution in [3.8, 4) is 17.3 Å². The van der Waals surface area contributed by atoms with Gasteiger partial charge in [0.1, 0.15) is 21.7 Å². The van der Waals surface area contributed by atoms with E-state index in [0.29, 0.717) is 26.8 Å². The van der Waals surface area contributed by atoms with Crippen LogP contribution in [0.25, 0.3) is 16.8 Å². The predicted octanol–water partition coefficient (Wildman–Crippen LogP) is 5.55. The van der Waals surface area contributed by atoms with Gasteiger partial charge in [0, 0.05) is 34.2 Å². The van der Waals surface area contributed by atoms with E-state index in [-0.39, 0.29) is 17.9 Å². The maximum atomic E-state index is 12.3. The number of nitrogens with zero attached hydrogens (tertiary/aromatic N) is 3. The molecule has 10 heteroatoms. The number of hydrogen-bond acceptors (Lipinski definition) is 9. The lowest BCUT2D eigenvalue weighted by Gasteiger charge is -2.05. The smallest absolute Gasteiger partial charge is 0.341 e. The number of anilines is 1. The number of nitro benzene ring substituents is 1. The molecule has 1 aromatic carbocycles. The van der Waals surface area contributed by atoms with Crippen LogP contribution in [0.4, 0.5) is 10.7 Å². The van der Waals surface area contributed by atoms with Gasteiger partial charge in [0.05, 0.1) is 22.8 Å². The third kappa shape index (κ3) is 4.79. The Labute approximate surface area is 186 Å². The van der Waals surface area contributed by atoms with Crippen LogP contribution in [0.2, 0.25) is 0 Å². The van der Waals surface area contributed by atoms with E-state index in [4.69, 9.17) is 4.74 Å². The minimum atomic E-state index is -0.465. The highest BCUT2D eigenvalue weighted by Crippen LogP contribution is 2.34. The number of aromatic nitrogens is 1. The summed E-state index contributed by atoms with van der Waals surface area (Å²) in [5.41, 5.74) is 2.67. The molecular formula is C21H18N4O4S2. The van der Waals surface area contributed by atoms with Crippen molar-refractivity contribution in [2.24, 2.45) is 0 Å². The number of esters is 1. The van der Waals surface area contributed by atoms with Gasteiger partial charge < -0.3 is 10.1 Å². The largest absolute Gasteiger partial charge is 0.462 e. The van der Waals surface area contributed by atoms with E-state index in [9.17, 15) is 20.2 Å². The number of rotatable bonds is 7. The van der Waals surface area contributed by atoms with Crippen LogP contribution in [0, 0.1) is 35.3 Å². The van der Waals surface area contributed by atoms with Gasteiger partial charge in [-0.15, -0.1) is 22.7 Å². The maximum absolute atomic E-state index is 12.3. The number of nitro groups is 1. The zero-order chi connectivity index (χ0) is 22.5. The number of nitrogens with one attached hydrogen (secondary N) is 1. The number of nitriles is 1. The van der Waals surface area contributed by atoms with Gasteiger partial charge >= 0.3 is 5.97 Å². The van der Waals surface area contributed by atoms with E-state index in [2.05, 4.69) is 16.4 Å². The fourth-order valence-electron chi connectivity index (χ4n) is 2.77. The Hall–Kier alpha value is -3.55. The average molecular weight is 455 g/mol. The Kier molecular flexibility index (Phi) is 6.79. The molecule has 0 bridgehead atoms. The van der Waals surface area contributed by atoms with Gasteiger partial charge in [-0.1, -0.05) is 12.1 Å². The second kappa shape index (κ2) is 9.51. The summed E-state index contributed by atoms with van der Waals surface area (Å²) in [7, 11) is 0. The molecule has 0 saturated heterocycles. The van der Waals surface area contributed by atoms with Gasteiger partial charge in [0.15, 0.2) is 0 Å². The molecule has 1 N–H and O–H groups in total. The van der Waals surface area contributed by atoms with Crippen LogP contribution in [0.5, 0.6) is 0 Å². The number of allylic oxidation sites excluding steroid dienone is 1. The summed E-state index contributed by atoms with van der Waals surface area (Å²) in [6.45, 7) is 5.78. The minimum Gasteiger partial charge on any atom is -0.462 e. The molecule has 0 aliphatic heterocycles. The second-order valence-electron chi connectivity index (χ2n) is 6.37. The van der Waals surface area contributed by atoms with Crippen LogP contribution in [0.15, 0.2) is 35.8 Å². The van der Waals surface area contributed by atoms with Crippen LogP contribution in [-0.2, 0) is 4.74 Å². The van der Waals surface area contributed by atoms with Gasteiger partial charge in [-0.2, -0.15) is 5.26 Å². The van der Waals surface area contributed by atoms with E-state index in [0.717, 1.165) is 10.4 Å². The number of aryl methyl sites for hydroxylation is 1. The Bertz CT molecular complexity index is 1220. The van der Waals surface area contributed by atoms with E-state index in [1.165, 1.54) is 41.0 Å². The summed E-state index contributed by atoms with van der Waals surface area (Å²) < 4.78 is 5.14. The van der Waals surface area contributed by atoms with Crippen molar-refractivity contribution in [1.82, 2.24) is 4.98 Å². The van der Waals surface area contributed by atoms with Crippen molar-refractivity contribution < 1.29 is 14.5 Å². The number of thiophene rings is 1. The van der Waals surface area contributed by atoms with Crippen molar-refractivity contribution in [2.45, 2.75) is 20.8 Å². The number of hydrogen-bond donors (Lipinski definition) is 1. The summed E-state index contributed by atoms with van der Waals surface area (Å²) in [6, 6.07) is 8.27. The van der Waals surface area contributed by atoms with Gasteiger partial charge in [-0.25, -0.2) is 9.78 Å². The lowest BCUT2D eigenvalue weighted by molar-refractivity contribution is -0.384. The zero-order valence-electron chi connectivity index (χ0n) is 17.0. The number of benzene rings is 1. The van der Waals surface area contributed by atoms with Crippen LogP contribution >= 0.6 is 22.7 Å². The van der Waals surface area contributed by atoms with Gasteiger partial charge in [0.25, 0.3) is 5.69 Å². The molecule has 0 spiro atoms. The molecule has 8 nitrogen and oxygen atoms in total. The zero-order valence-corrected chi connectivity index (χ0v) is 18.6. The van der Waals surface area contributed by atoms with Crippen LogP contribution in [0.3, 0.4) is 0 Å². The lowest BCUT2D eigenvalue weighted by atomic mass is 10.1. The molecular weight excluding hydrogens is 436 g/mol. The van der Waals surface area contributed by atoms with E-state index in [1.807, 2.05) is 13.8 Å². The highest BCUT2D eigenvalue weighted by atomic mass is 32.1. The third-order valence-electron chi connectivity index (χ3n) is 4.42. The highest BCUT2D eigenvalue weighted by molar-refractivity contribution is 7.16. The van der Waals surface area contributed by atoms with Crippen molar-refractivity contribution in [3.63, 3.8) is 0 Å². The molecule has 0 fully saturated rings. The Morgan fingerprint density at radius 2 is 2.19 bits per heavy atom. The summed E-state index contributed by atoms with van der Waals surface area (Å²) >= 11 is 2.66. The first-order valence-electron chi connectivity index (χ1n) is 9.20. The molecule has 0 unspecified atom stereocenters. The van der Waals surface area contributed by atoms with Gasteiger partial charge in [-0.05, 0) is 26.3 Å². The van der Waals surface area contributed by atoms with Crippen molar-refractivity contribution in [3.05, 3.63) is 67.0 Å². The third-order valence-corrected chi connectivity index (χ3v) is 6.43. The molecule has 0 radical (unpaired) electrons. The first-order chi connectivity index (χ1) is 14.8. The lowest BCUT2D eigenvalue weighted by Crippen LogP contribution is -2.07. The van der Waals surface area contributed by atoms with Crippen LogP contribution in [-0.4, -0.2) is 22.5 Å². The monoisotopic (exact) mass is 454 g/mol. The summed E-state index contributed by atoms with van der Waals surface area (Å²) in [6.07, 6.45) is 1.50. The predicted molar refractivity (Wildman–Crippen MR) is 121 cm³/mol. The molecule has 0 atom stereocenters.